The predicted molar refractivity (Wildman–Crippen MR) is 141 cm³/mol. The molecule has 0 bridgehead atoms. The molecule has 0 saturated carbocycles. The van der Waals surface area contributed by atoms with Gasteiger partial charge in [-0.1, -0.05) is 44.0 Å². The number of benzene rings is 2. The van der Waals surface area contributed by atoms with Gasteiger partial charge in [0.15, 0.2) is 11.6 Å². The fraction of sp³-hybridized carbons (Fsp3) is 0.310. The number of nitrogens with two attached hydrogens (primary N) is 1. The van der Waals surface area contributed by atoms with Crippen LogP contribution in [0.1, 0.15) is 59.2 Å². The van der Waals surface area contributed by atoms with E-state index in [1.165, 1.54) is 6.07 Å². The van der Waals surface area contributed by atoms with Crippen LogP contribution in [-0.2, 0) is 20.0 Å². The number of nitrogens with zero attached hydrogens (tertiary/aromatic N) is 3. The van der Waals surface area contributed by atoms with Crippen molar-refractivity contribution in [3.63, 3.8) is 0 Å². The number of hydrogen-bond acceptors (Lipinski definition) is 2. The summed E-state index contributed by atoms with van der Waals surface area (Å²) in [5.74, 6) is -2.49. The van der Waals surface area contributed by atoms with Gasteiger partial charge in [-0.2, -0.15) is 0 Å². The fourth-order valence-corrected chi connectivity index (χ4v) is 5.06. The van der Waals surface area contributed by atoms with E-state index in [1.807, 2.05) is 41.8 Å². The van der Waals surface area contributed by atoms with Gasteiger partial charge in [0.25, 0.3) is 11.5 Å². The van der Waals surface area contributed by atoms with Gasteiger partial charge in [0, 0.05) is 36.2 Å². The number of unbranched alkanes of at least 4 members (excludes halogenated alkanes) is 2. The van der Waals surface area contributed by atoms with Crippen molar-refractivity contribution >= 4 is 5.91 Å². The lowest BCUT2D eigenvalue weighted by Crippen LogP contribution is -2.21. The van der Waals surface area contributed by atoms with E-state index in [-0.39, 0.29) is 17.7 Å². The van der Waals surface area contributed by atoms with E-state index >= 15 is 0 Å². The Kier molecular flexibility index (Phi) is 7.47. The van der Waals surface area contributed by atoms with Gasteiger partial charge in [0.1, 0.15) is 0 Å². The van der Waals surface area contributed by atoms with Crippen molar-refractivity contribution < 1.29 is 13.6 Å². The van der Waals surface area contributed by atoms with Crippen molar-refractivity contribution in [2.24, 2.45) is 12.8 Å². The number of primary amides is 1. The normalized spacial score (nSPS) is 11.3. The zero-order valence-corrected chi connectivity index (χ0v) is 21.6. The summed E-state index contributed by atoms with van der Waals surface area (Å²) in [6.07, 6.45) is 3.39. The van der Waals surface area contributed by atoms with Gasteiger partial charge < -0.3 is 10.3 Å². The molecule has 2 heterocycles. The molecule has 0 unspecified atom stereocenters. The van der Waals surface area contributed by atoms with Gasteiger partial charge in [-0.25, -0.2) is 13.5 Å². The van der Waals surface area contributed by atoms with Crippen LogP contribution in [0.15, 0.2) is 53.3 Å². The van der Waals surface area contributed by atoms with Crippen LogP contribution in [-0.4, -0.2) is 19.8 Å². The van der Waals surface area contributed by atoms with Crippen LogP contribution in [0.25, 0.3) is 16.8 Å². The van der Waals surface area contributed by atoms with Crippen LogP contribution in [0.2, 0.25) is 0 Å². The maximum absolute atomic E-state index is 14.0. The number of carbonyl (C=O) groups is 1. The van der Waals surface area contributed by atoms with Gasteiger partial charge in [-0.3, -0.25) is 14.3 Å². The number of carbonyl (C=O) groups excluding carboxylic acids is 1. The van der Waals surface area contributed by atoms with E-state index in [1.54, 1.807) is 23.3 Å². The molecule has 0 aliphatic rings. The molecule has 0 radical (unpaired) electrons. The maximum atomic E-state index is 14.0. The second-order valence-corrected chi connectivity index (χ2v) is 9.37. The fourth-order valence-electron chi connectivity index (χ4n) is 5.06. The lowest BCUT2D eigenvalue weighted by Gasteiger charge is -2.14. The molecular formula is C29H32F2N4O2. The first-order valence-corrected chi connectivity index (χ1v) is 12.5. The Morgan fingerprint density at radius 1 is 0.946 bits per heavy atom. The standard InChI is InChI=1S/C29H32F2N4O2/c1-5-6-8-13-24-27(26-18(2)33(4)35(29(26)37)21-11-9-7-10-12-21)25(28(32)36)19(3)34(24)17-20-14-15-22(30)23(31)16-20/h7,9-12,14-16H,5-6,8,13,17H2,1-4H3,(H2,32,36). The summed E-state index contributed by atoms with van der Waals surface area (Å²) in [6.45, 7) is 5.93. The summed E-state index contributed by atoms with van der Waals surface area (Å²) in [4.78, 5) is 26.7. The summed E-state index contributed by atoms with van der Waals surface area (Å²) in [6, 6.07) is 13.1. The maximum Gasteiger partial charge on any atom is 0.279 e. The summed E-state index contributed by atoms with van der Waals surface area (Å²) in [7, 11) is 1.80. The topological polar surface area (TPSA) is 75.0 Å². The van der Waals surface area contributed by atoms with E-state index in [0.29, 0.717) is 40.2 Å². The van der Waals surface area contributed by atoms with Gasteiger partial charge >= 0.3 is 0 Å². The molecule has 6 nitrogen and oxygen atoms in total. The molecule has 4 aromatic rings. The van der Waals surface area contributed by atoms with Gasteiger partial charge in [0.2, 0.25) is 0 Å². The molecule has 0 aliphatic heterocycles. The summed E-state index contributed by atoms with van der Waals surface area (Å²) in [5.41, 5.74) is 10.2. The zero-order valence-electron chi connectivity index (χ0n) is 21.6. The third kappa shape index (κ3) is 4.75. The highest BCUT2D eigenvalue weighted by Crippen LogP contribution is 2.35. The molecule has 8 heteroatoms. The molecule has 2 aromatic heterocycles. The SMILES string of the molecule is CCCCCc1c(-c2c(C)n(C)n(-c3ccccc3)c2=O)c(C(N)=O)c(C)n1Cc1ccc(F)c(F)c1. The first-order valence-electron chi connectivity index (χ1n) is 12.5. The third-order valence-electron chi connectivity index (χ3n) is 7.02. The zero-order chi connectivity index (χ0) is 26.9. The van der Waals surface area contributed by atoms with E-state index in [9.17, 15) is 18.4 Å². The second-order valence-electron chi connectivity index (χ2n) is 9.37. The first kappa shape index (κ1) is 26.1. The molecule has 0 atom stereocenters. The third-order valence-corrected chi connectivity index (χ3v) is 7.02. The lowest BCUT2D eigenvalue weighted by molar-refractivity contribution is 0.1000. The number of rotatable bonds is 9. The highest BCUT2D eigenvalue weighted by atomic mass is 19.2. The minimum atomic E-state index is -0.935. The quantitative estimate of drug-likeness (QED) is 0.308. The Bertz CT molecular complexity index is 1510. The van der Waals surface area contributed by atoms with Crippen molar-refractivity contribution in [3.8, 4) is 16.8 Å². The molecule has 0 aliphatic carbocycles. The molecule has 37 heavy (non-hydrogen) atoms. The monoisotopic (exact) mass is 506 g/mol. The Hall–Kier alpha value is -3.94. The number of aromatic nitrogens is 3. The number of hydrogen-bond donors (Lipinski definition) is 1. The average molecular weight is 507 g/mol. The largest absolute Gasteiger partial charge is 0.366 e. The molecule has 0 saturated heterocycles. The molecule has 4 rings (SSSR count). The van der Waals surface area contributed by atoms with Crippen LogP contribution in [0.3, 0.4) is 0 Å². The van der Waals surface area contributed by atoms with E-state index in [0.717, 1.165) is 37.1 Å². The van der Waals surface area contributed by atoms with Crippen LogP contribution in [0, 0.1) is 25.5 Å². The molecule has 2 N–H and O–H groups in total. The highest BCUT2D eigenvalue weighted by molar-refractivity contribution is 6.02. The molecule has 2 aromatic carbocycles. The smallest absolute Gasteiger partial charge is 0.279 e. The van der Waals surface area contributed by atoms with E-state index < -0.39 is 17.5 Å². The Balaban J connectivity index is 2.00. The van der Waals surface area contributed by atoms with Gasteiger partial charge in [-0.15, -0.1) is 0 Å². The summed E-state index contributed by atoms with van der Waals surface area (Å²) in [5, 5.41) is 0. The summed E-state index contributed by atoms with van der Waals surface area (Å²) < 4.78 is 32.9. The van der Waals surface area contributed by atoms with Gasteiger partial charge in [0.05, 0.1) is 16.8 Å². The second kappa shape index (κ2) is 10.6. The first-order chi connectivity index (χ1) is 17.7. The Morgan fingerprint density at radius 3 is 2.27 bits per heavy atom. The van der Waals surface area contributed by atoms with Crippen LogP contribution >= 0.6 is 0 Å². The molecule has 0 spiro atoms. The minimum absolute atomic E-state index is 0.212. The Morgan fingerprint density at radius 2 is 1.65 bits per heavy atom. The summed E-state index contributed by atoms with van der Waals surface area (Å²) >= 11 is 0. The molecular weight excluding hydrogens is 474 g/mol. The van der Waals surface area contributed by atoms with Crippen LogP contribution in [0.4, 0.5) is 8.78 Å². The minimum Gasteiger partial charge on any atom is -0.366 e. The van der Waals surface area contributed by atoms with Crippen LogP contribution < -0.4 is 11.3 Å². The predicted octanol–water partition coefficient (Wildman–Crippen LogP) is 5.42. The van der Waals surface area contributed by atoms with Crippen molar-refractivity contribution in [2.75, 3.05) is 0 Å². The number of halogens is 2. The van der Waals surface area contributed by atoms with Crippen molar-refractivity contribution in [2.45, 2.75) is 53.0 Å². The van der Waals surface area contributed by atoms with E-state index in [4.69, 9.17) is 5.73 Å². The Labute approximate surface area is 214 Å². The van der Waals surface area contributed by atoms with E-state index in [2.05, 4.69) is 6.92 Å². The van der Waals surface area contributed by atoms with Gasteiger partial charge in [-0.05, 0) is 56.5 Å². The molecule has 194 valence electrons. The number of para-hydroxylation sites is 1. The average Bonchev–Trinajstić information content (AvgIpc) is 3.25. The van der Waals surface area contributed by atoms with Crippen molar-refractivity contribution in [1.29, 1.82) is 0 Å². The van der Waals surface area contributed by atoms with Crippen molar-refractivity contribution in [3.05, 3.63) is 98.7 Å². The lowest BCUT2D eigenvalue weighted by atomic mass is 9.97. The number of amides is 1. The molecule has 1 amide bonds. The van der Waals surface area contributed by atoms with Crippen molar-refractivity contribution in [1.82, 2.24) is 13.9 Å². The highest BCUT2D eigenvalue weighted by Gasteiger charge is 2.30. The molecule has 0 fully saturated rings. The van der Waals surface area contributed by atoms with Crippen LogP contribution in [0.5, 0.6) is 0 Å².